The zero-order valence-electron chi connectivity index (χ0n) is 16.7. The summed E-state index contributed by atoms with van der Waals surface area (Å²) in [6.45, 7) is 1.89. The van der Waals surface area contributed by atoms with Crippen molar-refractivity contribution in [2.24, 2.45) is 0 Å². The van der Waals surface area contributed by atoms with Crippen LogP contribution in [0.4, 0.5) is 0 Å². The van der Waals surface area contributed by atoms with Gasteiger partial charge in [0.05, 0.1) is 19.8 Å². The molecule has 0 aromatic heterocycles. The summed E-state index contributed by atoms with van der Waals surface area (Å²) in [5.74, 6) is 0.190. The van der Waals surface area contributed by atoms with Gasteiger partial charge in [0.15, 0.2) is 0 Å². The predicted octanol–water partition coefficient (Wildman–Crippen LogP) is 2.38. The third-order valence-corrected chi connectivity index (χ3v) is 5.66. The number of hydrogen-bond acceptors (Lipinski definition) is 6. The first kappa shape index (κ1) is 20.5. The molecule has 2 aliphatic rings. The van der Waals surface area contributed by atoms with Crippen LogP contribution in [0.2, 0.25) is 0 Å². The summed E-state index contributed by atoms with van der Waals surface area (Å²) in [5.41, 5.74) is 0.362. The van der Waals surface area contributed by atoms with Crippen molar-refractivity contribution in [3.8, 4) is 11.5 Å². The first-order valence-corrected chi connectivity index (χ1v) is 10.0. The molecule has 0 bridgehead atoms. The van der Waals surface area contributed by atoms with Gasteiger partial charge in [-0.05, 0) is 43.9 Å². The van der Waals surface area contributed by atoms with Gasteiger partial charge in [-0.3, -0.25) is 9.59 Å². The first-order chi connectivity index (χ1) is 13.6. The number of nitrogens with one attached hydrogen (secondary N) is 1. The summed E-state index contributed by atoms with van der Waals surface area (Å²) < 4.78 is 16.0. The van der Waals surface area contributed by atoms with Crippen molar-refractivity contribution in [1.29, 1.82) is 0 Å². The van der Waals surface area contributed by atoms with Crippen molar-refractivity contribution < 1.29 is 23.8 Å². The Morgan fingerprint density at radius 2 is 1.82 bits per heavy atom. The Balaban J connectivity index is 1.62. The normalized spacial score (nSPS) is 18.6. The van der Waals surface area contributed by atoms with E-state index in [9.17, 15) is 9.59 Å². The van der Waals surface area contributed by atoms with Crippen LogP contribution in [-0.2, 0) is 9.53 Å². The predicted molar refractivity (Wildman–Crippen MR) is 105 cm³/mol. The SMILES string of the molecule is COC(=O)CNC(=O)c1cc(OC)ccc1OC1CCN(C2CCCC2)CC1. The van der Waals surface area contributed by atoms with Crippen LogP contribution in [0.25, 0.3) is 0 Å². The Morgan fingerprint density at radius 3 is 2.46 bits per heavy atom. The van der Waals surface area contributed by atoms with Crippen molar-refractivity contribution in [2.75, 3.05) is 33.9 Å². The number of piperidine rings is 1. The number of carbonyl (C=O) groups excluding carboxylic acids is 2. The van der Waals surface area contributed by atoms with Crippen molar-refractivity contribution in [2.45, 2.75) is 50.7 Å². The van der Waals surface area contributed by atoms with Crippen LogP contribution in [0.5, 0.6) is 11.5 Å². The van der Waals surface area contributed by atoms with Gasteiger partial charge in [-0.2, -0.15) is 0 Å². The number of nitrogens with zero attached hydrogens (tertiary/aromatic N) is 1. The van der Waals surface area contributed by atoms with Gasteiger partial charge in [-0.25, -0.2) is 0 Å². The molecular weight excluding hydrogens is 360 g/mol. The minimum Gasteiger partial charge on any atom is -0.497 e. The summed E-state index contributed by atoms with van der Waals surface area (Å²) in [6, 6.07) is 5.91. The maximum Gasteiger partial charge on any atom is 0.325 e. The van der Waals surface area contributed by atoms with Gasteiger partial charge in [-0.1, -0.05) is 12.8 Å². The highest BCUT2D eigenvalue weighted by atomic mass is 16.5. The lowest BCUT2D eigenvalue weighted by atomic mass is 10.0. The van der Waals surface area contributed by atoms with Crippen molar-refractivity contribution in [3.63, 3.8) is 0 Å². The number of benzene rings is 1. The molecule has 0 radical (unpaired) electrons. The number of likely N-dealkylation sites (tertiary alicyclic amines) is 1. The van der Waals surface area contributed by atoms with Crippen molar-refractivity contribution in [3.05, 3.63) is 23.8 Å². The van der Waals surface area contributed by atoms with Gasteiger partial charge in [0.1, 0.15) is 24.1 Å². The monoisotopic (exact) mass is 390 g/mol. The molecule has 1 aliphatic carbocycles. The van der Waals surface area contributed by atoms with Gasteiger partial charge < -0.3 is 24.4 Å². The molecule has 1 N–H and O–H groups in total. The smallest absolute Gasteiger partial charge is 0.325 e. The summed E-state index contributed by atoms with van der Waals surface area (Å²) in [4.78, 5) is 26.5. The van der Waals surface area contributed by atoms with E-state index in [0.717, 1.165) is 32.0 Å². The van der Waals surface area contributed by atoms with E-state index in [4.69, 9.17) is 9.47 Å². The van der Waals surface area contributed by atoms with E-state index >= 15 is 0 Å². The number of hydrogen-bond donors (Lipinski definition) is 1. The topological polar surface area (TPSA) is 77.1 Å². The molecule has 1 aromatic carbocycles. The lowest BCUT2D eigenvalue weighted by Gasteiger charge is -2.36. The van der Waals surface area contributed by atoms with E-state index in [-0.39, 0.29) is 18.6 Å². The van der Waals surface area contributed by atoms with E-state index in [2.05, 4.69) is 15.0 Å². The van der Waals surface area contributed by atoms with E-state index < -0.39 is 5.97 Å². The minimum atomic E-state index is -0.502. The Hall–Kier alpha value is -2.28. The second-order valence-electron chi connectivity index (χ2n) is 7.41. The van der Waals surface area contributed by atoms with E-state index in [1.165, 1.54) is 32.8 Å². The number of amides is 1. The van der Waals surface area contributed by atoms with Gasteiger partial charge >= 0.3 is 5.97 Å². The lowest BCUT2D eigenvalue weighted by molar-refractivity contribution is -0.139. The Labute approximate surface area is 166 Å². The molecule has 3 rings (SSSR count). The molecule has 1 heterocycles. The number of esters is 1. The van der Waals surface area contributed by atoms with E-state index in [0.29, 0.717) is 17.1 Å². The van der Waals surface area contributed by atoms with Crippen LogP contribution in [-0.4, -0.2) is 62.8 Å². The van der Waals surface area contributed by atoms with Gasteiger partial charge in [0.25, 0.3) is 5.91 Å². The van der Waals surface area contributed by atoms with Crippen molar-refractivity contribution in [1.82, 2.24) is 10.2 Å². The standard InChI is InChI=1S/C21H30N2O5/c1-26-17-7-8-19(18(13-17)21(25)22-14-20(24)27-2)28-16-9-11-23(12-10-16)15-5-3-4-6-15/h7-8,13,15-16H,3-6,9-12,14H2,1-2H3,(H,22,25). The summed E-state index contributed by atoms with van der Waals surface area (Å²) in [7, 11) is 2.83. The van der Waals surface area contributed by atoms with E-state index in [1.807, 2.05) is 0 Å². The average Bonchev–Trinajstić information content (AvgIpc) is 3.27. The molecule has 0 spiro atoms. The second-order valence-corrected chi connectivity index (χ2v) is 7.41. The lowest BCUT2D eigenvalue weighted by Crippen LogP contribution is -2.43. The number of rotatable bonds is 7. The number of ether oxygens (including phenoxy) is 3. The molecule has 2 fully saturated rings. The molecule has 1 amide bonds. The largest absolute Gasteiger partial charge is 0.497 e. The maximum atomic E-state index is 12.6. The zero-order valence-corrected chi connectivity index (χ0v) is 16.7. The fraction of sp³-hybridized carbons (Fsp3) is 0.619. The summed E-state index contributed by atoms with van der Waals surface area (Å²) in [6.07, 6.45) is 7.30. The molecule has 1 aliphatic heterocycles. The summed E-state index contributed by atoms with van der Waals surface area (Å²) in [5, 5.41) is 2.57. The van der Waals surface area contributed by atoms with Crippen LogP contribution < -0.4 is 14.8 Å². The molecule has 0 atom stereocenters. The Morgan fingerprint density at radius 1 is 1.11 bits per heavy atom. The van der Waals surface area contributed by atoms with Gasteiger partial charge in [0, 0.05) is 19.1 Å². The third-order valence-electron chi connectivity index (χ3n) is 5.66. The average molecular weight is 390 g/mol. The molecule has 1 saturated heterocycles. The molecule has 28 heavy (non-hydrogen) atoms. The van der Waals surface area contributed by atoms with Crippen LogP contribution in [0, 0.1) is 0 Å². The molecule has 7 nitrogen and oxygen atoms in total. The molecule has 1 aromatic rings. The Bertz CT molecular complexity index is 679. The fourth-order valence-electron chi connectivity index (χ4n) is 4.04. The fourth-order valence-corrected chi connectivity index (χ4v) is 4.04. The first-order valence-electron chi connectivity index (χ1n) is 10.0. The summed E-state index contributed by atoms with van der Waals surface area (Å²) >= 11 is 0. The molecule has 0 unspecified atom stereocenters. The van der Waals surface area contributed by atoms with Crippen LogP contribution in [0.15, 0.2) is 18.2 Å². The van der Waals surface area contributed by atoms with Gasteiger partial charge in [-0.15, -0.1) is 0 Å². The van der Waals surface area contributed by atoms with Crippen LogP contribution in [0.1, 0.15) is 48.9 Å². The third kappa shape index (κ3) is 5.16. The molecular formula is C21H30N2O5. The molecule has 154 valence electrons. The zero-order chi connectivity index (χ0) is 19.9. The van der Waals surface area contributed by atoms with Crippen LogP contribution in [0.3, 0.4) is 0 Å². The molecule has 7 heteroatoms. The number of carbonyl (C=O) groups is 2. The highest BCUT2D eigenvalue weighted by molar-refractivity contribution is 5.98. The quantitative estimate of drug-likeness (QED) is 0.721. The van der Waals surface area contributed by atoms with Gasteiger partial charge in [0.2, 0.25) is 0 Å². The van der Waals surface area contributed by atoms with Crippen molar-refractivity contribution >= 4 is 11.9 Å². The highest BCUT2D eigenvalue weighted by Crippen LogP contribution is 2.30. The number of methoxy groups -OCH3 is 2. The maximum absolute atomic E-state index is 12.6. The minimum absolute atomic E-state index is 0.0817. The van der Waals surface area contributed by atoms with Crippen LogP contribution >= 0.6 is 0 Å². The second kappa shape index (κ2) is 9.78. The highest BCUT2D eigenvalue weighted by Gasteiger charge is 2.28. The Kier molecular flexibility index (Phi) is 7.14. The van der Waals surface area contributed by atoms with E-state index in [1.54, 1.807) is 25.3 Å². The molecule has 1 saturated carbocycles.